The van der Waals surface area contributed by atoms with Gasteiger partial charge in [-0.15, -0.1) is 0 Å². The molecule has 1 unspecified atom stereocenters. The fraction of sp³-hybridized carbons (Fsp3) is 0.393. The van der Waals surface area contributed by atoms with Crippen LogP contribution in [-0.4, -0.2) is 60.0 Å². The minimum atomic E-state index is -2.53. The molecule has 1 heterocycles. The van der Waals surface area contributed by atoms with Crippen molar-refractivity contribution in [1.29, 1.82) is 5.26 Å². The lowest BCUT2D eigenvalue weighted by Crippen LogP contribution is -2.66. The van der Waals surface area contributed by atoms with Gasteiger partial charge in [-0.3, -0.25) is 19.2 Å². The first-order valence-corrected chi connectivity index (χ1v) is 12.2. The number of rotatable bonds is 9. The van der Waals surface area contributed by atoms with Crippen molar-refractivity contribution in [2.45, 2.75) is 64.5 Å². The van der Waals surface area contributed by atoms with E-state index in [4.69, 9.17) is 28.4 Å². The number of aliphatic hydroxyl groups is 1. The first-order valence-electron chi connectivity index (χ1n) is 12.2. The van der Waals surface area contributed by atoms with Gasteiger partial charge in [0.15, 0.2) is 12.2 Å². The first kappa shape index (κ1) is 30.1. The van der Waals surface area contributed by atoms with E-state index >= 15 is 0 Å². The molecule has 1 aliphatic heterocycles. The molecule has 0 radical (unpaired) electrons. The minimum absolute atomic E-state index is 0.00402. The van der Waals surface area contributed by atoms with Gasteiger partial charge < -0.3 is 33.5 Å². The summed E-state index contributed by atoms with van der Waals surface area (Å²) in [6, 6.07) is 15.0. The van der Waals surface area contributed by atoms with Crippen LogP contribution in [0.3, 0.4) is 0 Å². The van der Waals surface area contributed by atoms with Gasteiger partial charge in [-0.25, -0.2) is 0 Å². The Balaban J connectivity index is 2.12. The van der Waals surface area contributed by atoms with Crippen molar-refractivity contribution in [2.75, 3.05) is 6.61 Å². The number of benzene rings is 2. The second kappa shape index (κ2) is 13.1. The van der Waals surface area contributed by atoms with Gasteiger partial charge in [-0.1, -0.05) is 24.3 Å². The standard InChI is InChI=1S/C28H29NO11/c1-16(30)35-15-24-25(37-17(2)31)26(38-18(3)32)27(39-19(4)33)28(34,40-24)22-11-10-20(13-29)21(12-22)14-36-23-8-6-5-7-9-23/h5-12,24-27,34H,14-15H2,1-4H3/t24-,25-,26+,27-,28?/m1/s1. The third-order valence-corrected chi connectivity index (χ3v) is 5.83. The molecular weight excluding hydrogens is 526 g/mol. The average Bonchev–Trinajstić information content (AvgIpc) is 2.89. The van der Waals surface area contributed by atoms with Gasteiger partial charge in [0, 0.05) is 38.8 Å². The Morgan fingerprint density at radius 3 is 2.10 bits per heavy atom. The Morgan fingerprint density at radius 1 is 0.900 bits per heavy atom. The van der Waals surface area contributed by atoms with Crippen LogP contribution < -0.4 is 4.74 Å². The maximum Gasteiger partial charge on any atom is 0.303 e. The number of carbonyl (C=O) groups is 4. The summed E-state index contributed by atoms with van der Waals surface area (Å²) in [6.07, 6.45) is -6.13. The molecule has 0 aliphatic carbocycles. The third kappa shape index (κ3) is 7.34. The molecule has 0 spiro atoms. The lowest BCUT2D eigenvalue weighted by Gasteiger charge is -2.48. The first-order chi connectivity index (χ1) is 18.9. The second-order valence-corrected chi connectivity index (χ2v) is 8.92. The van der Waals surface area contributed by atoms with Gasteiger partial charge in [0.25, 0.3) is 0 Å². The number of esters is 4. The van der Waals surface area contributed by atoms with Crippen molar-refractivity contribution >= 4 is 23.9 Å². The summed E-state index contributed by atoms with van der Waals surface area (Å²) < 4.78 is 32.9. The van der Waals surface area contributed by atoms with Crippen LogP contribution >= 0.6 is 0 Å². The van der Waals surface area contributed by atoms with E-state index in [1.165, 1.54) is 18.2 Å². The van der Waals surface area contributed by atoms with E-state index in [1.54, 1.807) is 24.3 Å². The molecule has 0 amide bonds. The van der Waals surface area contributed by atoms with E-state index in [0.29, 0.717) is 11.3 Å². The molecule has 212 valence electrons. The molecule has 40 heavy (non-hydrogen) atoms. The van der Waals surface area contributed by atoms with Gasteiger partial charge in [0.2, 0.25) is 11.9 Å². The van der Waals surface area contributed by atoms with Crippen LogP contribution in [0.1, 0.15) is 44.4 Å². The minimum Gasteiger partial charge on any atom is -0.489 e. The fourth-order valence-corrected chi connectivity index (χ4v) is 4.24. The molecular formula is C28H29NO11. The lowest BCUT2D eigenvalue weighted by atomic mass is 9.86. The molecule has 1 N–H and O–H groups in total. The topological polar surface area (TPSA) is 168 Å². The maximum atomic E-state index is 12.1. The molecule has 2 aromatic carbocycles. The summed E-state index contributed by atoms with van der Waals surface area (Å²) in [5.74, 6) is -5.20. The Kier molecular flexibility index (Phi) is 9.82. The van der Waals surface area contributed by atoms with Crippen LogP contribution in [0.15, 0.2) is 48.5 Å². The molecule has 12 nitrogen and oxygen atoms in total. The highest BCUT2D eigenvalue weighted by atomic mass is 16.7. The van der Waals surface area contributed by atoms with Crippen molar-refractivity contribution < 1.29 is 52.7 Å². The van der Waals surface area contributed by atoms with Crippen molar-refractivity contribution in [3.05, 3.63) is 65.2 Å². The van der Waals surface area contributed by atoms with Crippen molar-refractivity contribution in [3.63, 3.8) is 0 Å². The summed E-state index contributed by atoms with van der Waals surface area (Å²) in [7, 11) is 0. The summed E-state index contributed by atoms with van der Waals surface area (Å²) in [5, 5.41) is 21.7. The number of carbonyl (C=O) groups excluding carboxylic acids is 4. The van der Waals surface area contributed by atoms with Crippen LogP contribution in [-0.2, 0) is 55.3 Å². The highest BCUT2D eigenvalue weighted by Gasteiger charge is 2.60. The van der Waals surface area contributed by atoms with Crippen LogP contribution in [0.4, 0.5) is 0 Å². The SMILES string of the molecule is CC(=O)OC[C@H]1OC(O)(c2ccc(C#N)c(COc3ccccc3)c2)[C@H](OC(C)=O)[C@@H](OC(C)=O)[C@@H]1OC(C)=O. The monoisotopic (exact) mass is 555 g/mol. The summed E-state index contributed by atoms with van der Waals surface area (Å²) in [4.78, 5) is 47.8. The third-order valence-electron chi connectivity index (χ3n) is 5.83. The maximum absolute atomic E-state index is 12.1. The van der Waals surface area contributed by atoms with E-state index in [9.17, 15) is 29.5 Å². The average molecular weight is 556 g/mol. The number of nitriles is 1. The van der Waals surface area contributed by atoms with Gasteiger partial charge in [0.1, 0.15) is 25.1 Å². The number of hydrogen-bond acceptors (Lipinski definition) is 12. The van der Waals surface area contributed by atoms with Crippen molar-refractivity contribution in [2.24, 2.45) is 0 Å². The molecule has 12 heteroatoms. The molecule has 3 rings (SSSR count). The van der Waals surface area contributed by atoms with Crippen LogP contribution in [0.25, 0.3) is 0 Å². The van der Waals surface area contributed by atoms with E-state index in [2.05, 4.69) is 6.07 Å². The largest absolute Gasteiger partial charge is 0.489 e. The highest BCUT2D eigenvalue weighted by molar-refractivity contribution is 5.69. The van der Waals surface area contributed by atoms with E-state index in [1.807, 2.05) is 6.07 Å². The zero-order valence-electron chi connectivity index (χ0n) is 22.3. The molecule has 2 aromatic rings. The van der Waals surface area contributed by atoms with Gasteiger partial charge >= 0.3 is 23.9 Å². The zero-order valence-corrected chi connectivity index (χ0v) is 22.3. The summed E-state index contributed by atoms with van der Waals surface area (Å²) in [6.45, 7) is 3.78. The van der Waals surface area contributed by atoms with E-state index in [0.717, 1.165) is 27.7 Å². The zero-order chi connectivity index (χ0) is 29.4. The normalized spacial score (nSPS) is 23.7. The number of para-hydroxylation sites is 1. The Bertz CT molecular complexity index is 1290. The predicted octanol–water partition coefficient (Wildman–Crippen LogP) is 2.04. The quantitative estimate of drug-likeness (QED) is 0.354. The molecule has 0 bridgehead atoms. The van der Waals surface area contributed by atoms with Gasteiger partial charge in [0.05, 0.1) is 11.6 Å². The number of nitrogens with zero attached hydrogens (tertiary/aromatic N) is 1. The Hall–Kier alpha value is -4.47. The molecule has 1 saturated heterocycles. The molecule has 0 saturated carbocycles. The predicted molar refractivity (Wildman–Crippen MR) is 134 cm³/mol. The molecule has 0 aromatic heterocycles. The van der Waals surface area contributed by atoms with Gasteiger partial charge in [-0.05, 0) is 24.3 Å². The molecule has 1 aliphatic rings. The van der Waals surface area contributed by atoms with Crippen molar-refractivity contribution in [3.8, 4) is 11.8 Å². The van der Waals surface area contributed by atoms with Crippen LogP contribution in [0.5, 0.6) is 5.75 Å². The van der Waals surface area contributed by atoms with E-state index in [-0.39, 0.29) is 17.7 Å². The van der Waals surface area contributed by atoms with Crippen molar-refractivity contribution in [1.82, 2.24) is 0 Å². The van der Waals surface area contributed by atoms with Gasteiger partial charge in [-0.2, -0.15) is 5.26 Å². The molecule has 1 fully saturated rings. The summed E-state index contributed by atoms with van der Waals surface area (Å²) in [5.41, 5.74) is 0.578. The number of ether oxygens (including phenoxy) is 6. The second-order valence-electron chi connectivity index (χ2n) is 8.92. The molecule has 5 atom stereocenters. The van der Waals surface area contributed by atoms with Crippen LogP contribution in [0.2, 0.25) is 0 Å². The fourth-order valence-electron chi connectivity index (χ4n) is 4.24. The lowest BCUT2D eigenvalue weighted by molar-refractivity contribution is -0.360. The highest BCUT2D eigenvalue weighted by Crippen LogP contribution is 2.41. The number of hydrogen-bond donors (Lipinski definition) is 1. The Labute approximate surface area is 230 Å². The van der Waals surface area contributed by atoms with Crippen LogP contribution in [0, 0.1) is 11.3 Å². The Morgan fingerprint density at radius 2 is 1.52 bits per heavy atom. The van der Waals surface area contributed by atoms with E-state index < -0.39 is 60.7 Å². The summed E-state index contributed by atoms with van der Waals surface area (Å²) >= 11 is 0. The smallest absolute Gasteiger partial charge is 0.303 e.